The second-order valence-electron chi connectivity index (χ2n) is 31.5. The van der Waals surface area contributed by atoms with Gasteiger partial charge in [-0.05, 0) is 49.4 Å². The highest BCUT2D eigenvalue weighted by molar-refractivity contribution is 7.47. The van der Waals surface area contributed by atoms with Crippen molar-refractivity contribution in [1.82, 2.24) is 0 Å². The van der Waals surface area contributed by atoms with Crippen LogP contribution in [0.4, 0.5) is 0 Å². The topological polar surface area (TPSA) is 237 Å². The summed E-state index contributed by atoms with van der Waals surface area (Å²) in [5, 5.41) is 10.7. The molecule has 17 nitrogen and oxygen atoms in total. The number of phosphoric ester groups is 2. The zero-order chi connectivity index (χ0) is 75.3. The largest absolute Gasteiger partial charge is 0.472 e. The van der Waals surface area contributed by atoms with Gasteiger partial charge in [0, 0.05) is 25.7 Å². The molecule has 0 bridgehead atoms. The molecule has 0 amide bonds. The lowest BCUT2D eigenvalue weighted by Crippen LogP contribution is -2.30. The third kappa shape index (κ3) is 74.9. The van der Waals surface area contributed by atoms with Crippen molar-refractivity contribution in [3.05, 3.63) is 0 Å². The molecule has 3 unspecified atom stereocenters. The van der Waals surface area contributed by atoms with E-state index in [1.165, 1.54) is 231 Å². The van der Waals surface area contributed by atoms with Crippen molar-refractivity contribution in [1.29, 1.82) is 0 Å². The highest BCUT2D eigenvalue weighted by Gasteiger charge is 2.30. The SMILES string of the molecule is CCC(C)CCCCCCCCCCCCCCCCCCCCC(=O)O[C@H](COC(=O)CCCCCCCCCCCCCC(C)C)COP(=O)(O)OC[C@@H](O)COP(=O)(O)OC[C@@H](COC(=O)CCCCCCCCCCCC(C)C)OC(=O)CCCCCCCCCCCCCC(C)C. The Morgan fingerprint density at radius 2 is 0.471 bits per heavy atom. The number of hydrogen-bond donors (Lipinski definition) is 3. The lowest BCUT2D eigenvalue weighted by Gasteiger charge is -2.21. The molecule has 6 atom stereocenters. The first-order chi connectivity index (χ1) is 49.1. The van der Waals surface area contributed by atoms with Crippen molar-refractivity contribution in [2.45, 2.75) is 446 Å². The van der Waals surface area contributed by atoms with Gasteiger partial charge in [-0.3, -0.25) is 37.3 Å². The molecule has 0 aliphatic rings. The molecule has 0 aliphatic carbocycles. The van der Waals surface area contributed by atoms with E-state index in [9.17, 15) is 43.2 Å². The van der Waals surface area contributed by atoms with Crippen molar-refractivity contribution in [3.8, 4) is 0 Å². The Bertz CT molecular complexity index is 1990. The predicted molar refractivity (Wildman–Crippen MR) is 418 cm³/mol. The van der Waals surface area contributed by atoms with Gasteiger partial charge < -0.3 is 33.8 Å². The van der Waals surface area contributed by atoms with Gasteiger partial charge in [-0.2, -0.15) is 0 Å². The summed E-state index contributed by atoms with van der Waals surface area (Å²) in [4.78, 5) is 73.1. The molecule has 0 radical (unpaired) electrons. The molecule has 0 aromatic heterocycles. The van der Waals surface area contributed by atoms with Gasteiger partial charge in [0.25, 0.3) is 0 Å². The Labute approximate surface area is 626 Å². The summed E-state index contributed by atoms with van der Waals surface area (Å²) in [6, 6.07) is 0. The smallest absolute Gasteiger partial charge is 0.462 e. The molecule has 0 heterocycles. The minimum atomic E-state index is -4.96. The second-order valence-corrected chi connectivity index (χ2v) is 34.4. The zero-order valence-electron chi connectivity index (χ0n) is 67.2. The standard InChI is InChI=1S/C83H162O17P2/c1-9-76(8)62-54-46-38-30-22-16-14-12-10-11-13-15-17-23-32-41-49-57-65-82(87)99-78(69-93-80(85)63-55-47-39-31-24-18-20-27-35-43-51-59-73(2)3)71-97-101(89,90)95-67-77(84)68-96-102(91,92)98-72-79(70-94-81(86)64-56-48-40-34-26-29-37-45-53-61-75(6)7)100-83(88)66-58-50-42-33-25-19-21-28-36-44-52-60-74(4)5/h73-79,84H,9-72H2,1-8H3,(H,89,90)(H,91,92)/t76?,77-,78-,79-/m1/s1. The number of phosphoric acid groups is 2. The first kappa shape index (κ1) is 100. The van der Waals surface area contributed by atoms with Crippen molar-refractivity contribution in [2.24, 2.45) is 23.7 Å². The lowest BCUT2D eigenvalue weighted by atomic mass is 9.99. The molecule has 19 heteroatoms. The first-order valence-electron chi connectivity index (χ1n) is 42.7. The lowest BCUT2D eigenvalue weighted by molar-refractivity contribution is -0.161. The van der Waals surface area contributed by atoms with Gasteiger partial charge in [-0.25, -0.2) is 9.13 Å². The van der Waals surface area contributed by atoms with Crippen LogP contribution in [0.3, 0.4) is 0 Å². The molecule has 0 rings (SSSR count). The molecular weight excluding hydrogens is 1330 g/mol. The Balaban J connectivity index is 5.23. The van der Waals surface area contributed by atoms with Crippen LogP contribution in [0.15, 0.2) is 0 Å². The number of unbranched alkanes of at least 4 members (excludes halogenated alkanes) is 45. The van der Waals surface area contributed by atoms with E-state index in [4.69, 9.17) is 37.0 Å². The van der Waals surface area contributed by atoms with Crippen LogP contribution in [-0.2, 0) is 65.4 Å². The Morgan fingerprint density at radius 3 is 0.696 bits per heavy atom. The summed E-state index contributed by atoms with van der Waals surface area (Å²) in [6.45, 7) is 14.3. The van der Waals surface area contributed by atoms with Gasteiger partial charge in [0.1, 0.15) is 19.3 Å². The number of aliphatic hydroxyl groups excluding tert-OH is 1. The molecule has 102 heavy (non-hydrogen) atoms. The molecule has 0 saturated carbocycles. The summed E-state index contributed by atoms with van der Waals surface area (Å²) < 4.78 is 68.8. The third-order valence-corrected chi connectivity index (χ3v) is 21.6. The maximum atomic E-state index is 13.1. The molecule has 0 aromatic rings. The zero-order valence-corrected chi connectivity index (χ0v) is 69.0. The number of rotatable bonds is 80. The molecule has 0 saturated heterocycles. The van der Waals surface area contributed by atoms with Gasteiger partial charge in [-0.15, -0.1) is 0 Å². The number of carbonyl (C=O) groups excluding carboxylic acids is 4. The van der Waals surface area contributed by atoms with E-state index >= 15 is 0 Å². The number of ether oxygens (including phenoxy) is 4. The maximum absolute atomic E-state index is 13.1. The van der Waals surface area contributed by atoms with Crippen LogP contribution in [0.5, 0.6) is 0 Å². The van der Waals surface area contributed by atoms with Crippen LogP contribution in [0.25, 0.3) is 0 Å². The van der Waals surface area contributed by atoms with Gasteiger partial charge in [0.05, 0.1) is 26.4 Å². The molecular formula is C83H162O17P2. The van der Waals surface area contributed by atoms with Gasteiger partial charge >= 0.3 is 39.5 Å². The van der Waals surface area contributed by atoms with Crippen LogP contribution in [0.1, 0.15) is 428 Å². The van der Waals surface area contributed by atoms with E-state index in [-0.39, 0.29) is 25.7 Å². The van der Waals surface area contributed by atoms with E-state index in [1.807, 2.05) is 0 Å². The summed E-state index contributed by atoms with van der Waals surface area (Å²) in [7, 11) is -9.93. The Kier molecular flexibility index (Phi) is 70.6. The Hall–Kier alpha value is -1.94. The monoisotopic (exact) mass is 1490 g/mol. The molecule has 0 spiro atoms. The van der Waals surface area contributed by atoms with Gasteiger partial charge in [0.2, 0.25) is 0 Å². The van der Waals surface area contributed by atoms with Crippen LogP contribution in [0, 0.1) is 23.7 Å². The van der Waals surface area contributed by atoms with Crippen molar-refractivity contribution in [2.75, 3.05) is 39.6 Å². The van der Waals surface area contributed by atoms with E-state index < -0.39 is 97.5 Å². The fourth-order valence-corrected chi connectivity index (χ4v) is 14.3. The average molecular weight is 1490 g/mol. The van der Waals surface area contributed by atoms with Crippen molar-refractivity contribution < 1.29 is 80.2 Å². The number of esters is 4. The van der Waals surface area contributed by atoms with Crippen molar-refractivity contribution in [3.63, 3.8) is 0 Å². The fraction of sp³-hybridized carbons (Fsp3) is 0.952. The number of carbonyl (C=O) groups is 4. The fourth-order valence-electron chi connectivity index (χ4n) is 12.8. The number of hydrogen-bond acceptors (Lipinski definition) is 15. The van der Waals surface area contributed by atoms with Crippen molar-refractivity contribution >= 4 is 39.5 Å². The molecule has 3 N–H and O–H groups in total. The minimum Gasteiger partial charge on any atom is -0.462 e. The van der Waals surface area contributed by atoms with Crippen LogP contribution in [-0.4, -0.2) is 96.7 Å². The summed E-state index contributed by atoms with van der Waals surface area (Å²) in [5.41, 5.74) is 0. The van der Waals surface area contributed by atoms with Crippen LogP contribution >= 0.6 is 15.6 Å². The van der Waals surface area contributed by atoms with E-state index in [2.05, 4.69) is 55.4 Å². The normalized spacial score (nSPS) is 14.3. The predicted octanol–water partition coefficient (Wildman–Crippen LogP) is 24.8. The van der Waals surface area contributed by atoms with Crippen LogP contribution in [0.2, 0.25) is 0 Å². The summed E-state index contributed by atoms with van der Waals surface area (Å²) in [5.74, 6) is 1.04. The van der Waals surface area contributed by atoms with Gasteiger partial charge in [-0.1, -0.05) is 376 Å². The molecule has 0 aromatic carbocycles. The third-order valence-electron chi connectivity index (χ3n) is 19.7. The average Bonchev–Trinajstić information content (AvgIpc) is 0.908. The number of aliphatic hydroxyl groups is 1. The molecule has 0 fully saturated rings. The first-order valence-corrected chi connectivity index (χ1v) is 45.7. The summed E-state index contributed by atoms with van der Waals surface area (Å²) >= 11 is 0. The highest BCUT2D eigenvalue weighted by atomic mass is 31.2. The summed E-state index contributed by atoms with van der Waals surface area (Å²) in [6.07, 6.45) is 59.6. The second kappa shape index (κ2) is 72.0. The quantitative estimate of drug-likeness (QED) is 0.0222. The maximum Gasteiger partial charge on any atom is 0.472 e. The van der Waals surface area contributed by atoms with E-state index in [1.54, 1.807) is 0 Å². The van der Waals surface area contributed by atoms with Crippen LogP contribution < -0.4 is 0 Å². The van der Waals surface area contributed by atoms with Gasteiger partial charge in [0.15, 0.2) is 12.2 Å². The van der Waals surface area contributed by atoms with E-state index in [0.29, 0.717) is 25.7 Å². The molecule has 0 aliphatic heterocycles. The van der Waals surface area contributed by atoms with E-state index in [0.717, 1.165) is 114 Å². The Morgan fingerprint density at radius 1 is 0.275 bits per heavy atom. The highest BCUT2D eigenvalue weighted by Crippen LogP contribution is 2.45. The minimum absolute atomic E-state index is 0.106. The molecule has 606 valence electrons.